The van der Waals surface area contributed by atoms with Gasteiger partial charge >= 0.3 is 6.03 Å². The van der Waals surface area contributed by atoms with Gasteiger partial charge in [-0.3, -0.25) is 0 Å². The smallest absolute Gasteiger partial charge is 0.315 e. The zero-order chi connectivity index (χ0) is 11.1. The van der Waals surface area contributed by atoms with Crippen LogP contribution in [0.2, 0.25) is 0 Å². The molecule has 0 aliphatic rings. The van der Waals surface area contributed by atoms with Crippen LogP contribution >= 0.6 is 11.3 Å². The normalized spacial score (nSPS) is 12.1. The highest BCUT2D eigenvalue weighted by Gasteiger charge is 2.13. The van der Waals surface area contributed by atoms with E-state index >= 15 is 0 Å². The lowest BCUT2D eigenvalue weighted by Gasteiger charge is -2.14. The van der Waals surface area contributed by atoms with E-state index in [4.69, 9.17) is 0 Å². The minimum atomic E-state index is -0.112. The minimum Gasteiger partial charge on any atom is -0.338 e. The number of hydrogen-bond acceptors (Lipinski definition) is 3. The average molecular weight is 227 g/mol. The van der Waals surface area contributed by atoms with E-state index < -0.39 is 0 Å². The van der Waals surface area contributed by atoms with Crippen molar-refractivity contribution < 1.29 is 4.79 Å². The van der Waals surface area contributed by atoms with Gasteiger partial charge in [-0.05, 0) is 12.8 Å². The van der Waals surface area contributed by atoms with Crippen LogP contribution in [0.3, 0.4) is 0 Å². The monoisotopic (exact) mass is 227 g/mol. The topological polar surface area (TPSA) is 54.0 Å². The Morgan fingerprint density at radius 2 is 2.40 bits per heavy atom. The average Bonchev–Trinajstić information content (AvgIpc) is 2.76. The third-order valence-corrected chi connectivity index (χ3v) is 2.89. The molecule has 1 rings (SSSR count). The van der Waals surface area contributed by atoms with E-state index in [1.165, 1.54) is 0 Å². The second-order valence-corrected chi connectivity index (χ2v) is 4.16. The van der Waals surface area contributed by atoms with E-state index in [0.29, 0.717) is 6.54 Å². The van der Waals surface area contributed by atoms with Crippen LogP contribution < -0.4 is 10.6 Å². The number of urea groups is 1. The molecule has 0 spiro atoms. The number of nitrogens with zero attached hydrogens (tertiary/aromatic N) is 1. The zero-order valence-corrected chi connectivity index (χ0v) is 9.93. The maximum Gasteiger partial charge on any atom is 0.315 e. The van der Waals surface area contributed by atoms with Crippen molar-refractivity contribution in [2.75, 3.05) is 6.54 Å². The van der Waals surface area contributed by atoms with Gasteiger partial charge in [0.25, 0.3) is 0 Å². The van der Waals surface area contributed by atoms with Gasteiger partial charge in [0.1, 0.15) is 5.01 Å². The van der Waals surface area contributed by atoms with Crippen molar-refractivity contribution >= 4 is 17.4 Å². The fourth-order valence-corrected chi connectivity index (χ4v) is 1.97. The first kappa shape index (κ1) is 12.0. The Morgan fingerprint density at radius 3 is 2.93 bits per heavy atom. The first-order chi connectivity index (χ1) is 7.27. The Labute approximate surface area is 94.1 Å². The summed E-state index contributed by atoms with van der Waals surface area (Å²) in [5.41, 5.74) is 0. The second-order valence-electron chi connectivity index (χ2n) is 3.23. The molecule has 1 aromatic rings. The van der Waals surface area contributed by atoms with Gasteiger partial charge in [-0.1, -0.05) is 13.8 Å². The molecule has 1 aromatic heterocycles. The first-order valence-electron chi connectivity index (χ1n) is 5.21. The van der Waals surface area contributed by atoms with E-state index in [2.05, 4.69) is 15.6 Å². The number of rotatable bonds is 5. The highest BCUT2D eigenvalue weighted by atomic mass is 32.1. The van der Waals surface area contributed by atoms with Crippen molar-refractivity contribution in [1.29, 1.82) is 0 Å². The fraction of sp³-hybridized carbons (Fsp3) is 0.600. The summed E-state index contributed by atoms with van der Waals surface area (Å²) in [6, 6.07) is -0.0826. The third-order valence-electron chi connectivity index (χ3n) is 2.00. The SMILES string of the molecule is CCCNC(=O)NC(CC)c1nccs1. The fourth-order valence-electron chi connectivity index (χ4n) is 1.19. The summed E-state index contributed by atoms with van der Waals surface area (Å²) in [5, 5.41) is 8.57. The second kappa shape index (κ2) is 6.40. The molecule has 1 atom stereocenters. The van der Waals surface area contributed by atoms with Gasteiger partial charge in [-0.25, -0.2) is 9.78 Å². The molecular weight excluding hydrogens is 210 g/mol. The first-order valence-corrected chi connectivity index (χ1v) is 6.09. The van der Waals surface area contributed by atoms with Crippen molar-refractivity contribution in [1.82, 2.24) is 15.6 Å². The van der Waals surface area contributed by atoms with Crippen LogP contribution in [0.25, 0.3) is 0 Å². The van der Waals surface area contributed by atoms with Crippen molar-refractivity contribution in [3.8, 4) is 0 Å². The molecule has 0 aliphatic carbocycles. The summed E-state index contributed by atoms with van der Waals surface area (Å²) in [4.78, 5) is 15.6. The molecule has 0 aliphatic heterocycles. The molecule has 0 saturated carbocycles. The van der Waals surface area contributed by atoms with Crippen LogP contribution in [-0.2, 0) is 0 Å². The molecule has 0 bridgehead atoms. The largest absolute Gasteiger partial charge is 0.338 e. The molecule has 1 heterocycles. The summed E-state index contributed by atoms with van der Waals surface area (Å²) in [6.07, 6.45) is 3.56. The molecule has 0 fully saturated rings. The van der Waals surface area contributed by atoms with E-state index in [1.54, 1.807) is 17.5 Å². The molecule has 84 valence electrons. The lowest BCUT2D eigenvalue weighted by molar-refractivity contribution is 0.236. The Hall–Kier alpha value is -1.10. The molecule has 2 N–H and O–H groups in total. The molecule has 2 amide bonds. The molecule has 15 heavy (non-hydrogen) atoms. The Bertz CT molecular complexity index is 287. The zero-order valence-electron chi connectivity index (χ0n) is 9.12. The molecule has 1 unspecified atom stereocenters. The van der Waals surface area contributed by atoms with Gasteiger partial charge in [-0.15, -0.1) is 11.3 Å². The van der Waals surface area contributed by atoms with Crippen molar-refractivity contribution in [3.05, 3.63) is 16.6 Å². The standard InChI is InChI=1S/C10H17N3OS/c1-3-5-12-10(14)13-8(4-2)9-11-6-7-15-9/h6-8H,3-5H2,1-2H3,(H2,12,13,14). The summed E-state index contributed by atoms with van der Waals surface area (Å²) < 4.78 is 0. The number of amides is 2. The number of thiazole rings is 1. The Balaban J connectivity index is 2.44. The minimum absolute atomic E-state index is 0.0295. The van der Waals surface area contributed by atoms with E-state index in [9.17, 15) is 4.79 Å². The van der Waals surface area contributed by atoms with E-state index in [-0.39, 0.29) is 12.1 Å². The lowest BCUT2D eigenvalue weighted by Crippen LogP contribution is -2.38. The highest BCUT2D eigenvalue weighted by molar-refractivity contribution is 7.09. The van der Waals surface area contributed by atoms with E-state index in [1.807, 2.05) is 19.2 Å². The van der Waals surface area contributed by atoms with Crippen molar-refractivity contribution in [2.24, 2.45) is 0 Å². The molecule has 0 aromatic carbocycles. The van der Waals surface area contributed by atoms with Gasteiger partial charge in [0.05, 0.1) is 6.04 Å². The van der Waals surface area contributed by atoms with Crippen LogP contribution in [0, 0.1) is 0 Å². The van der Waals surface area contributed by atoms with Crippen LogP contribution in [-0.4, -0.2) is 17.6 Å². The molecular formula is C10H17N3OS. The van der Waals surface area contributed by atoms with E-state index in [0.717, 1.165) is 17.8 Å². The van der Waals surface area contributed by atoms with Gasteiger partial charge in [0.15, 0.2) is 0 Å². The Morgan fingerprint density at radius 1 is 1.60 bits per heavy atom. The number of carbonyl (C=O) groups is 1. The van der Waals surface area contributed by atoms with Gasteiger partial charge < -0.3 is 10.6 Å². The maximum absolute atomic E-state index is 11.4. The maximum atomic E-state index is 11.4. The Kier molecular flexibility index (Phi) is 5.10. The molecule has 0 saturated heterocycles. The summed E-state index contributed by atoms with van der Waals surface area (Å²) in [7, 11) is 0. The number of carbonyl (C=O) groups excluding carboxylic acids is 1. The van der Waals surface area contributed by atoms with Crippen LogP contribution in [0.5, 0.6) is 0 Å². The number of hydrogen-bond donors (Lipinski definition) is 2. The third kappa shape index (κ3) is 3.87. The predicted molar refractivity (Wildman–Crippen MR) is 62.0 cm³/mol. The summed E-state index contributed by atoms with van der Waals surface area (Å²) in [5.74, 6) is 0. The summed E-state index contributed by atoms with van der Waals surface area (Å²) in [6.45, 7) is 4.77. The van der Waals surface area contributed by atoms with Gasteiger partial charge in [0, 0.05) is 18.1 Å². The molecule has 5 heteroatoms. The van der Waals surface area contributed by atoms with Crippen LogP contribution in [0.4, 0.5) is 4.79 Å². The van der Waals surface area contributed by atoms with Crippen LogP contribution in [0.15, 0.2) is 11.6 Å². The quantitative estimate of drug-likeness (QED) is 0.811. The van der Waals surface area contributed by atoms with Crippen molar-refractivity contribution in [2.45, 2.75) is 32.7 Å². The van der Waals surface area contributed by atoms with Gasteiger partial charge in [0.2, 0.25) is 0 Å². The molecule has 0 radical (unpaired) electrons. The van der Waals surface area contributed by atoms with Crippen LogP contribution in [0.1, 0.15) is 37.7 Å². The highest BCUT2D eigenvalue weighted by Crippen LogP contribution is 2.18. The number of aromatic nitrogens is 1. The predicted octanol–water partition coefficient (Wildman–Crippen LogP) is 2.30. The lowest BCUT2D eigenvalue weighted by atomic mass is 10.2. The van der Waals surface area contributed by atoms with Gasteiger partial charge in [-0.2, -0.15) is 0 Å². The summed E-state index contributed by atoms with van der Waals surface area (Å²) >= 11 is 1.57. The van der Waals surface area contributed by atoms with Crippen molar-refractivity contribution in [3.63, 3.8) is 0 Å². The molecule has 4 nitrogen and oxygen atoms in total. The number of nitrogens with one attached hydrogen (secondary N) is 2.